The van der Waals surface area contributed by atoms with E-state index in [-0.39, 0.29) is 81.8 Å². The Balaban J connectivity index is 0.000000177. The molecule has 16 rings (SSSR count). The second-order valence-corrected chi connectivity index (χ2v) is 31.9. The van der Waals surface area contributed by atoms with Gasteiger partial charge in [-0.3, -0.25) is 49.7 Å². The van der Waals surface area contributed by atoms with Gasteiger partial charge in [-0.2, -0.15) is 25.4 Å². The Kier molecular flexibility index (Phi) is 35.3. The minimum atomic E-state index is -3.64. The number of allylic oxidation sites excluding steroid dienone is 1. The van der Waals surface area contributed by atoms with E-state index in [9.17, 15) is 82.1 Å². The van der Waals surface area contributed by atoms with Gasteiger partial charge in [0.15, 0.2) is 17.2 Å². The van der Waals surface area contributed by atoms with Gasteiger partial charge in [-0.25, -0.2) is 22.2 Å². The molecule has 0 radical (unpaired) electrons. The molecule has 11 aromatic carbocycles. The van der Waals surface area contributed by atoms with Gasteiger partial charge in [0.25, 0.3) is 33.0 Å². The van der Waals surface area contributed by atoms with Crippen molar-refractivity contribution < 1.29 is 96.3 Å². The van der Waals surface area contributed by atoms with Gasteiger partial charge in [0.1, 0.15) is 39.8 Å². The molecule has 27 nitrogen and oxygen atoms in total. The summed E-state index contributed by atoms with van der Waals surface area (Å²) in [7, 11) is -3.64. The Morgan fingerprint density at radius 2 is 1.20 bits per heavy atom. The minimum Gasteiger partial charge on any atom is -0.618 e. The van der Waals surface area contributed by atoms with E-state index in [0.29, 0.717) is 54.8 Å². The van der Waals surface area contributed by atoms with Crippen molar-refractivity contribution in [3.8, 4) is 22.8 Å². The summed E-state index contributed by atoms with van der Waals surface area (Å²) in [5.74, 6) is -1.97. The quantitative estimate of drug-likeness (QED) is 0.00734. The van der Waals surface area contributed by atoms with Gasteiger partial charge in [-0.1, -0.05) is 215 Å². The van der Waals surface area contributed by atoms with Crippen molar-refractivity contribution in [2.24, 2.45) is 15.7 Å². The predicted octanol–water partition coefficient (Wildman–Crippen LogP) is 21.7. The van der Waals surface area contributed by atoms with E-state index in [1.165, 1.54) is 91.6 Å². The first-order valence-electron chi connectivity index (χ1n) is 39.4. The molecule has 14 aromatic rings. The number of nitro groups is 3. The van der Waals surface area contributed by atoms with Crippen LogP contribution in [0.4, 0.5) is 37.2 Å². The van der Waals surface area contributed by atoms with Crippen LogP contribution in [0.2, 0.25) is 5.02 Å². The predicted molar refractivity (Wildman–Crippen MR) is 497 cm³/mol. The van der Waals surface area contributed by atoms with Crippen LogP contribution in [0.5, 0.6) is 11.5 Å². The van der Waals surface area contributed by atoms with Crippen LogP contribution in [0.25, 0.3) is 23.0 Å². The molecule has 3 aromatic heterocycles. The first-order valence-corrected chi connectivity index (χ1v) is 42.1. The molecule has 4 N–H and O–H groups in total. The van der Waals surface area contributed by atoms with E-state index in [2.05, 4.69) is 107 Å². The number of aromatic hydroxyl groups is 1. The summed E-state index contributed by atoms with van der Waals surface area (Å²) in [4.78, 5) is 91.6. The number of rotatable bonds is 20. The number of halogens is 3. The third kappa shape index (κ3) is 25.6. The number of amidine groups is 1. The molecule has 1 aliphatic carbocycles. The van der Waals surface area contributed by atoms with Gasteiger partial charge >= 0.3 is 12.6 Å². The van der Waals surface area contributed by atoms with Crippen LogP contribution in [0.3, 0.4) is 0 Å². The van der Waals surface area contributed by atoms with Crippen LogP contribution < -0.4 is 10.5 Å². The fourth-order valence-corrected chi connectivity index (χ4v) is 15.2. The van der Waals surface area contributed by atoms with E-state index >= 15 is 0 Å². The largest absolute Gasteiger partial charge is 0.618 e. The van der Waals surface area contributed by atoms with E-state index in [4.69, 9.17) is 21.8 Å². The van der Waals surface area contributed by atoms with Gasteiger partial charge in [0, 0.05) is 133 Å². The molecule has 0 bridgehead atoms. The minimum absolute atomic E-state index is 0. The summed E-state index contributed by atoms with van der Waals surface area (Å²) < 4.78 is 61.5. The standard InChI is InChI=1S/C22H17ClN2.C19H14O4.C17H18N2O3.C14H11F2NO2.C14H9N3O4S.C10H8N2O4S.C2H5.W/c23-21-14-8-7-13-20(21)22(25-16-15-24-17-25,18-9-3-1-4-10-18)19-11-5-2-6-12-19;1-2-11-7-9-12(10-8-11)15-16(19(22)23)18(21)14-6-4-3-5-13(14)17(15)20;1-17(2,3)13-7-8-16(20)15(10-13)18-11-12-5-4-6-14(9-12)19(21)22;15-14(16)19-13-8-6-11(7-9-13)10-17(18)12-4-2-1-3-5-12;15-14-16-13(18)12(22-14)7-8-5-6-11(21-8)9-3-1-2-4-10(9)17(19)20;13-12(14)9-3-5-10(6-4-9)17(15,16)11-7-1-2-8-11;1-2;/h1-17H;3-10H,2H2,1H3,(H,22,23);4-11,20H,1-3H3;1-10,14H;1-7H,(H2,15,16,18);1-8H;1H2,2H3;/q;;;;;;-1;/b;;;17-10-;12-7-;;;. The fraction of sp³-hybridized carbons (Fsp3) is 0.0918. The first kappa shape index (κ1) is 99.5. The van der Waals surface area contributed by atoms with Crippen LogP contribution in [0, 0.1) is 42.5 Å². The maximum Gasteiger partial charge on any atom is 0.387 e. The Labute approximate surface area is 775 Å². The molecule has 131 heavy (non-hydrogen) atoms. The average molecular weight is 1990 g/mol. The number of aromatic nitrogens is 3. The number of nitrogens with two attached hydrogens (primary N) is 1. The zero-order valence-corrected chi connectivity index (χ0v) is 75.8. The van der Waals surface area contributed by atoms with Crippen molar-refractivity contribution >= 4 is 115 Å². The number of thioether (sulfide) groups is 1. The molecule has 666 valence electrons. The number of imidazole rings is 1. The molecular weight excluding hydrogens is 1910 g/mol. The Morgan fingerprint density at radius 3 is 1.74 bits per heavy atom. The number of hydrogen-bond donors (Lipinski definition) is 3. The van der Waals surface area contributed by atoms with E-state index < -0.39 is 66.0 Å². The SMILES string of the molecule is CC(C)(C)c1ccc(O)c(N=Cc2cccc([N+](=O)[O-])c2)c1.CCc1ccc(C2=C(C(=O)O)C(=O)c3ccccc3C2=O)cc1.Clc1ccccc1C(c1ccccc1)(c1ccccc1)n1ccnc1.NC1=NC(=O)/C(=C/c2ccc(-c3ccccc3[N+](=O)[O-])o2)S1.O=[N+]([O-])c1ccc(S(=O)(=O)n2cccc2)cc1.[CH2-]C.[O-]/[N+](=C\c1ccc(OC(F)F)cc1)c1ccccc1.[W]. The van der Waals surface area contributed by atoms with Crippen molar-refractivity contribution in [1.29, 1.82) is 0 Å². The molecule has 2 aliphatic rings. The number of fused-ring (bicyclic) bond motifs is 1. The Bertz CT molecular complexity index is 6600. The van der Waals surface area contributed by atoms with Gasteiger partial charge in [0.2, 0.25) is 11.5 Å². The number of alkyl halides is 2. The van der Waals surface area contributed by atoms with Crippen molar-refractivity contribution in [3.63, 3.8) is 0 Å². The van der Waals surface area contributed by atoms with E-state index in [1.807, 2.05) is 80.1 Å². The number of aliphatic imine (C=N–C) groups is 2. The van der Waals surface area contributed by atoms with Crippen LogP contribution in [0.15, 0.2) is 364 Å². The molecule has 1 amide bonds. The number of carbonyl (C=O) groups is 4. The molecule has 0 saturated heterocycles. The number of phenolic OH excluding ortho intramolecular Hbond substituents is 1. The van der Waals surface area contributed by atoms with Crippen molar-refractivity contribution in [2.75, 3.05) is 0 Å². The number of amides is 1. The number of nitrogens with zero attached hydrogens (tertiary/aromatic N) is 9. The first-order chi connectivity index (χ1) is 62.3. The van der Waals surface area contributed by atoms with E-state index in [0.717, 1.165) is 67.1 Å². The number of carboxylic acids is 1. The number of ether oxygens (including phenoxy) is 1. The fourth-order valence-electron chi connectivity index (χ4n) is 13.0. The van der Waals surface area contributed by atoms with Crippen LogP contribution in [0.1, 0.15) is 106 Å². The number of furan rings is 1. The zero-order valence-electron chi connectivity index (χ0n) is 70.5. The third-order valence-corrected chi connectivity index (χ3v) is 22.1. The normalized spacial score (nSPS) is 12.5. The number of aryl methyl sites for hydroxylation is 1. The molecule has 33 heteroatoms. The van der Waals surface area contributed by atoms with Gasteiger partial charge in [0.05, 0.1) is 36.5 Å². The van der Waals surface area contributed by atoms with Crippen molar-refractivity contribution in [3.05, 3.63) is 454 Å². The summed E-state index contributed by atoms with van der Waals surface area (Å²) in [6.07, 6.45) is 13.7. The number of para-hydroxylation sites is 2. The maximum atomic E-state index is 12.8. The third-order valence-electron chi connectivity index (χ3n) is 19.3. The number of non-ortho nitro benzene ring substituents is 2. The number of carboxylic acid groups (broad SMARTS) is 1. The number of ketones is 2. The van der Waals surface area contributed by atoms with Gasteiger partial charge in [-0.05, 0) is 142 Å². The monoisotopic (exact) mass is 1990 g/mol. The van der Waals surface area contributed by atoms with Gasteiger partial charge in [-0.15, -0.1) is 0 Å². The number of carbonyl (C=O) groups excluding carboxylic acids is 3. The number of aliphatic carboxylic acids is 1. The summed E-state index contributed by atoms with van der Waals surface area (Å²) in [6, 6.07) is 85.6. The molecule has 0 spiro atoms. The molecule has 0 saturated carbocycles. The zero-order chi connectivity index (χ0) is 93.8. The summed E-state index contributed by atoms with van der Waals surface area (Å²) in [5.41, 5.74) is 12.9. The smallest absolute Gasteiger partial charge is 0.387 e. The second-order valence-electron chi connectivity index (χ2n) is 28.6. The molecule has 0 unspecified atom stereocenters. The molecule has 1 aliphatic heterocycles. The number of benzene rings is 11. The number of hydrogen-bond acceptors (Lipinski definition) is 20. The van der Waals surface area contributed by atoms with Crippen molar-refractivity contribution in [2.45, 2.75) is 63.5 Å². The van der Waals surface area contributed by atoms with Crippen LogP contribution >= 0.6 is 23.4 Å². The molecule has 4 heterocycles. The number of nitro benzene ring substituents is 3. The molecule has 0 fully saturated rings. The number of Topliss-reactive ketones (excluding diaryl/α,β-unsaturated/α-hetero) is 2. The molecular formula is C98H82ClF2N10O17S2W-. The summed E-state index contributed by atoms with van der Waals surface area (Å²) >= 11 is 7.74. The summed E-state index contributed by atoms with van der Waals surface area (Å²) in [6.45, 7) is 10.4. The van der Waals surface area contributed by atoms with E-state index in [1.54, 1.807) is 128 Å². The van der Waals surface area contributed by atoms with Crippen molar-refractivity contribution in [1.82, 2.24) is 13.5 Å². The maximum absolute atomic E-state index is 12.8. The Morgan fingerprint density at radius 1 is 0.634 bits per heavy atom. The Hall–Kier alpha value is -15.3. The topological polar surface area (TPSA) is 394 Å². The molecule has 0 atom stereocenters. The van der Waals surface area contributed by atoms with Crippen LogP contribution in [-0.2, 0) is 58.1 Å². The van der Waals surface area contributed by atoms with Gasteiger partial charge < -0.3 is 41.8 Å². The summed E-state index contributed by atoms with van der Waals surface area (Å²) in [5, 5.41) is 64.3. The second kappa shape index (κ2) is 46.4. The average Bonchev–Trinajstić information content (AvgIpc) is 1.64. The number of phenols is 1. The van der Waals surface area contributed by atoms with Crippen LogP contribution in [-0.4, -0.2) is 99.3 Å².